The Morgan fingerprint density at radius 1 is 1.00 bits per heavy atom. The Balaban J connectivity index is 2.16. The van der Waals surface area contributed by atoms with E-state index in [0.29, 0.717) is 11.5 Å². The molecule has 1 amide bonds. The fourth-order valence-corrected chi connectivity index (χ4v) is 2.22. The SMILES string of the molecule is COC(=O)c1cc(O)ccc1NC(=O)/C=C/c1ccc(OC)c(OC)c1. The molecule has 0 aliphatic carbocycles. The molecule has 0 saturated carbocycles. The first-order valence-corrected chi connectivity index (χ1v) is 7.61. The van der Waals surface area contributed by atoms with Crippen molar-refractivity contribution in [2.75, 3.05) is 26.6 Å². The number of nitrogens with one attached hydrogen (secondary N) is 1. The van der Waals surface area contributed by atoms with Crippen LogP contribution in [0.4, 0.5) is 5.69 Å². The van der Waals surface area contributed by atoms with Crippen LogP contribution in [0.15, 0.2) is 42.5 Å². The fraction of sp³-hybridized carbons (Fsp3) is 0.158. The largest absolute Gasteiger partial charge is 0.508 e. The molecule has 0 aromatic heterocycles. The standard InChI is InChI=1S/C19H19NO6/c1-24-16-8-4-12(10-17(16)25-2)5-9-18(22)20-15-7-6-13(21)11-14(15)19(23)26-3/h4-11,21H,1-3H3,(H,20,22)/b9-5+. The molecule has 0 radical (unpaired) electrons. The maximum absolute atomic E-state index is 12.1. The van der Waals surface area contributed by atoms with Crippen molar-refractivity contribution in [1.82, 2.24) is 0 Å². The Labute approximate surface area is 150 Å². The lowest BCUT2D eigenvalue weighted by Gasteiger charge is -2.09. The molecule has 0 spiro atoms. The highest BCUT2D eigenvalue weighted by Gasteiger charge is 2.14. The van der Waals surface area contributed by atoms with Crippen molar-refractivity contribution in [2.24, 2.45) is 0 Å². The Morgan fingerprint density at radius 2 is 1.73 bits per heavy atom. The number of carbonyl (C=O) groups excluding carboxylic acids is 2. The lowest BCUT2D eigenvalue weighted by molar-refractivity contribution is -0.111. The van der Waals surface area contributed by atoms with E-state index in [2.05, 4.69) is 10.1 Å². The molecular weight excluding hydrogens is 338 g/mol. The summed E-state index contributed by atoms with van der Waals surface area (Å²) in [5.41, 5.74) is 1.02. The molecule has 7 heteroatoms. The molecule has 0 atom stereocenters. The smallest absolute Gasteiger partial charge is 0.340 e. The van der Waals surface area contributed by atoms with Gasteiger partial charge in [-0.05, 0) is 42.0 Å². The topological polar surface area (TPSA) is 94.1 Å². The van der Waals surface area contributed by atoms with Crippen molar-refractivity contribution in [3.05, 3.63) is 53.6 Å². The van der Waals surface area contributed by atoms with Gasteiger partial charge in [0.2, 0.25) is 5.91 Å². The van der Waals surface area contributed by atoms with E-state index >= 15 is 0 Å². The second kappa shape index (κ2) is 8.57. The van der Waals surface area contributed by atoms with Gasteiger partial charge in [0.15, 0.2) is 11.5 Å². The quantitative estimate of drug-likeness (QED) is 0.469. The van der Waals surface area contributed by atoms with Crippen LogP contribution < -0.4 is 14.8 Å². The molecule has 7 nitrogen and oxygen atoms in total. The third kappa shape index (κ3) is 4.54. The molecule has 0 aliphatic rings. The van der Waals surface area contributed by atoms with E-state index in [0.717, 1.165) is 5.56 Å². The maximum Gasteiger partial charge on any atom is 0.340 e. The van der Waals surface area contributed by atoms with E-state index in [1.54, 1.807) is 24.3 Å². The fourth-order valence-electron chi connectivity index (χ4n) is 2.22. The molecule has 0 fully saturated rings. The summed E-state index contributed by atoms with van der Waals surface area (Å²) in [5.74, 6) is -0.0950. The summed E-state index contributed by atoms with van der Waals surface area (Å²) in [6.07, 6.45) is 2.91. The van der Waals surface area contributed by atoms with E-state index in [4.69, 9.17) is 9.47 Å². The Hall–Kier alpha value is -3.48. The van der Waals surface area contributed by atoms with Crippen LogP contribution in [0.3, 0.4) is 0 Å². The second-order valence-corrected chi connectivity index (χ2v) is 5.16. The highest BCUT2D eigenvalue weighted by atomic mass is 16.5. The average Bonchev–Trinajstić information content (AvgIpc) is 2.66. The van der Waals surface area contributed by atoms with Crippen LogP contribution >= 0.6 is 0 Å². The van der Waals surface area contributed by atoms with Crippen molar-refractivity contribution in [3.8, 4) is 17.2 Å². The minimum Gasteiger partial charge on any atom is -0.508 e. The molecule has 2 N–H and O–H groups in total. The number of hydrogen-bond acceptors (Lipinski definition) is 6. The molecular formula is C19H19NO6. The molecule has 0 saturated heterocycles. The lowest BCUT2D eigenvalue weighted by Crippen LogP contribution is -2.12. The predicted octanol–water partition coefficient (Wildman–Crippen LogP) is 2.85. The Kier molecular flexibility index (Phi) is 6.21. The van der Waals surface area contributed by atoms with Gasteiger partial charge in [0.25, 0.3) is 0 Å². The van der Waals surface area contributed by atoms with Crippen molar-refractivity contribution >= 4 is 23.6 Å². The van der Waals surface area contributed by atoms with Crippen molar-refractivity contribution in [1.29, 1.82) is 0 Å². The van der Waals surface area contributed by atoms with Gasteiger partial charge in [-0.15, -0.1) is 0 Å². The van der Waals surface area contributed by atoms with Crippen molar-refractivity contribution in [3.63, 3.8) is 0 Å². The molecule has 0 aliphatic heterocycles. The zero-order chi connectivity index (χ0) is 19.1. The van der Waals surface area contributed by atoms with Gasteiger partial charge in [-0.2, -0.15) is 0 Å². The molecule has 136 valence electrons. The zero-order valence-corrected chi connectivity index (χ0v) is 14.6. The van der Waals surface area contributed by atoms with Crippen LogP contribution in [-0.4, -0.2) is 38.3 Å². The number of ether oxygens (including phenoxy) is 3. The zero-order valence-electron chi connectivity index (χ0n) is 14.6. The molecule has 0 heterocycles. The predicted molar refractivity (Wildman–Crippen MR) is 96.7 cm³/mol. The van der Waals surface area contributed by atoms with Gasteiger partial charge in [-0.25, -0.2) is 4.79 Å². The van der Waals surface area contributed by atoms with E-state index in [1.165, 1.54) is 45.6 Å². The van der Waals surface area contributed by atoms with E-state index < -0.39 is 11.9 Å². The third-order valence-corrected chi connectivity index (χ3v) is 3.50. The van der Waals surface area contributed by atoms with Crippen molar-refractivity contribution in [2.45, 2.75) is 0 Å². The monoisotopic (exact) mass is 357 g/mol. The summed E-state index contributed by atoms with van der Waals surface area (Å²) in [6.45, 7) is 0. The summed E-state index contributed by atoms with van der Waals surface area (Å²) in [5, 5.41) is 12.1. The minimum absolute atomic E-state index is 0.0559. The number of benzene rings is 2. The van der Waals surface area contributed by atoms with E-state index in [9.17, 15) is 14.7 Å². The molecule has 2 aromatic rings. The van der Waals surface area contributed by atoms with Gasteiger partial charge in [-0.1, -0.05) is 6.07 Å². The number of rotatable bonds is 6. The number of phenolic OH excluding ortho intramolecular Hbond substituents is 1. The molecule has 26 heavy (non-hydrogen) atoms. The number of esters is 1. The lowest BCUT2D eigenvalue weighted by atomic mass is 10.1. The molecule has 0 bridgehead atoms. The number of phenols is 1. The minimum atomic E-state index is -0.667. The van der Waals surface area contributed by atoms with Crippen molar-refractivity contribution < 1.29 is 28.9 Å². The number of amides is 1. The van der Waals surface area contributed by atoms with Crippen LogP contribution in [0, 0.1) is 0 Å². The first-order valence-electron chi connectivity index (χ1n) is 7.61. The van der Waals surface area contributed by atoms with Gasteiger partial charge in [0, 0.05) is 6.08 Å². The van der Waals surface area contributed by atoms with E-state index in [-0.39, 0.29) is 17.0 Å². The third-order valence-electron chi connectivity index (χ3n) is 3.50. The summed E-state index contributed by atoms with van der Waals surface area (Å²) in [6, 6.07) is 9.23. The highest BCUT2D eigenvalue weighted by Crippen LogP contribution is 2.28. The average molecular weight is 357 g/mol. The van der Waals surface area contributed by atoms with Gasteiger partial charge in [0.05, 0.1) is 32.6 Å². The van der Waals surface area contributed by atoms with Gasteiger partial charge in [-0.3, -0.25) is 4.79 Å². The molecule has 2 rings (SSSR count). The summed E-state index contributed by atoms with van der Waals surface area (Å²) < 4.78 is 15.0. The molecule has 0 unspecified atom stereocenters. The number of aromatic hydroxyl groups is 1. The Morgan fingerprint density at radius 3 is 2.38 bits per heavy atom. The number of methoxy groups -OCH3 is 3. The van der Waals surface area contributed by atoms with E-state index in [1.807, 2.05) is 0 Å². The number of carbonyl (C=O) groups is 2. The normalized spacial score (nSPS) is 10.4. The van der Waals surface area contributed by atoms with Crippen LogP contribution in [0.25, 0.3) is 6.08 Å². The van der Waals surface area contributed by atoms with Crippen LogP contribution in [0.5, 0.6) is 17.2 Å². The summed E-state index contributed by atoms with van der Waals surface area (Å²) in [7, 11) is 4.28. The Bertz CT molecular complexity index is 844. The number of hydrogen-bond donors (Lipinski definition) is 2. The highest BCUT2D eigenvalue weighted by molar-refractivity contribution is 6.06. The number of anilines is 1. The van der Waals surface area contributed by atoms with Gasteiger partial charge in [0.1, 0.15) is 5.75 Å². The first kappa shape index (κ1) is 18.9. The van der Waals surface area contributed by atoms with Gasteiger partial charge < -0.3 is 24.6 Å². The van der Waals surface area contributed by atoms with Gasteiger partial charge >= 0.3 is 5.97 Å². The van der Waals surface area contributed by atoms with Crippen LogP contribution in [0.2, 0.25) is 0 Å². The first-order chi connectivity index (χ1) is 12.5. The summed E-state index contributed by atoms with van der Waals surface area (Å²) in [4.78, 5) is 23.9. The van der Waals surface area contributed by atoms with Crippen LogP contribution in [0.1, 0.15) is 15.9 Å². The summed E-state index contributed by atoms with van der Waals surface area (Å²) >= 11 is 0. The second-order valence-electron chi connectivity index (χ2n) is 5.16. The molecule has 2 aromatic carbocycles. The van der Waals surface area contributed by atoms with Crippen LogP contribution in [-0.2, 0) is 9.53 Å². The maximum atomic E-state index is 12.1.